The SMILES string of the molecule is COc1cc(OC)cc(-c2cc(C(F)(F)F)nn2-c2ccc(SN)cc2)c1. The minimum absolute atomic E-state index is 0.257. The maximum atomic E-state index is 13.3. The molecule has 0 radical (unpaired) electrons. The molecule has 0 aliphatic rings. The van der Waals surface area contributed by atoms with E-state index < -0.39 is 11.9 Å². The summed E-state index contributed by atoms with van der Waals surface area (Å²) in [6.45, 7) is 0. The Hall–Kier alpha value is -2.65. The van der Waals surface area contributed by atoms with Crippen LogP contribution in [0.1, 0.15) is 5.69 Å². The summed E-state index contributed by atoms with van der Waals surface area (Å²) in [4.78, 5) is 0.784. The molecule has 3 aromatic rings. The highest BCUT2D eigenvalue weighted by Crippen LogP contribution is 2.36. The highest BCUT2D eigenvalue weighted by molar-refractivity contribution is 7.97. The Labute approximate surface area is 158 Å². The lowest BCUT2D eigenvalue weighted by molar-refractivity contribution is -0.141. The van der Waals surface area contributed by atoms with Gasteiger partial charge in [-0.05, 0) is 54.4 Å². The number of hydrogen-bond acceptors (Lipinski definition) is 5. The normalized spacial score (nSPS) is 11.5. The smallest absolute Gasteiger partial charge is 0.435 e. The molecule has 0 bridgehead atoms. The van der Waals surface area contributed by atoms with Gasteiger partial charge in [-0.25, -0.2) is 4.68 Å². The van der Waals surface area contributed by atoms with Gasteiger partial charge in [0.25, 0.3) is 0 Å². The number of hydrogen-bond donors (Lipinski definition) is 1. The molecule has 0 saturated heterocycles. The van der Waals surface area contributed by atoms with Gasteiger partial charge in [0.15, 0.2) is 5.69 Å². The van der Waals surface area contributed by atoms with Crippen LogP contribution in [0.4, 0.5) is 13.2 Å². The molecular formula is C18H16F3N3O2S. The van der Waals surface area contributed by atoms with Crippen molar-refractivity contribution in [3.63, 3.8) is 0 Å². The van der Waals surface area contributed by atoms with Gasteiger partial charge in [-0.3, -0.25) is 5.14 Å². The lowest BCUT2D eigenvalue weighted by atomic mass is 10.1. The van der Waals surface area contributed by atoms with Crippen LogP contribution in [0.15, 0.2) is 53.4 Å². The van der Waals surface area contributed by atoms with Crippen LogP contribution in [0, 0.1) is 0 Å². The van der Waals surface area contributed by atoms with Gasteiger partial charge in [-0.1, -0.05) is 0 Å². The zero-order valence-electron chi connectivity index (χ0n) is 14.4. The second-order valence-corrected chi connectivity index (χ2v) is 6.24. The molecule has 0 atom stereocenters. The maximum absolute atomic E-state index is 13.3. The monoisotopic (exact) mass is 395 g/mol. The van der Waals surface area contributed by atoms with Gasteiger partial charge in [0.05, 0.1) is 25.6 Å². The summed E-state index contributed by atoms with van der Waals surface area (Å²) in [6.07, 6.45) is -4.57. The maximum Gasteiger partial charge on any atom is 0.435 e. The number of rotatable bonds is 5. The summed E-state index contributed by atoms with van der Waals surface area (Å²) in [7, 11) is 2.94. The lowest BCUT2D eigenvalue weighted by Gasteiger charge is -2.11. The summed E-state index contributed by atoms with van der Waals surface area (Å²) < 4.78 is 51.5. The third-order valence-electron chi connectivity index (χ3n) is 3.86. The van der Waals surface area contributed by atoms with Crippen LogP contribution in [-0.4, -0.2) is 24.0 Å². The summed E-state index contributed by atoms with van der Waals surface area (Å²) in [5, 5.41) is 9.27. The predicted molar refractivity (Wildman–Crippen MR) is 97.2 cm³/mol. The highest BCUT2D eigenvalue weighted by atomic mass is 32.2. The zero-order chi connectivity index (χ0) is 19.6. The lowest BCUT2D eigenvalue weighted by Crippen LogP contribution is -2.07. The van der Waals surface area contributed by atoms with Crippen molar-refractivity contribution in [1.82, 2.24) is 9.78 Å². The van der Waals surface area contributed by atoms with Gasteiger partial charge < -0.3 is 9.47 Å². The number of nitrogens with two attached hydrogens (primary N) is 1. The minimum Gasteiger partial charge on any atom is -0.497 e. The molecule has 0 amide bonds. The largest absolute Gasteiger partial charge is 0.497 e. The number of ether oxygens (including phenoxy) is 2. The summed E-state index contributed by atoms with van der Waals surface area (Å²) in [5.74, 6) is 0.918. The Kier molecular flexibility index (Phi) is 5.33. The number of aromatic nitrogens is 2. The first-order valence-corrected chi connectivity index (χ1v) is 8.61. The van der Waals surface area contributed by atoms with Gasteiger partial charge >= 0.3 is 6.18 Å². The van der Waals surface area contributed by atoms with Crippen LogP contribution >= 0.6 is 11.9 Å². The van der Waals surface area contributed by atoms with Crippen molar-refractivity contribution >= 4 is 11.9 Å². The first-order valence-electron chi connectivity index (χ1n) is 7.73. The van der Waals surface area contributed by atoms with E-state index in [2.05, 4.69) is 5.10 Å². The van der Waals surface area contributed by atoms with Gasteiger partial charge in [-0.15, -0.1) is 0 Å². The van der Waals surface area contributed by atoms with Crippen molar-refractivity contribution in [3.05, 3.63) is 54.2 Å². The summed E-state index contributed by atoms with van der Waals surface area (Å²) >= 11 is 1.05. The molecule has 9 heteroatoms. The van der Waals surface area contributed by atoms with E-state index in [9.17, 15) is 13.2 Å². The molecule has 0 spiro atoms. The molecule has 2 N–H and O–H groups in total. The quantitative estimate of drug-likeness (QED) is 0.643. The average Bonchev–Trinajstić information content (AvgIpc) is 3.13. The second kappa shape index (κ2) is 7.53. The van der Waals surface area contributed by atoms with Crippen molar-refractivity contribution in [2.45, 2.75) is 11.1 Å². The van der Waals surface area contributed by atoms with Crippen LogP contribution in [-0.2, 0) is 6.18 Å². The van der Waals surface area contributed by atoms with Gasteiger partial charge in [0.1, 0.15) is 11.5 Å². The third kappa shape index (κ3) is 4.04. The van der Waals surface area contributed by atoms with E-state index >= 15 is 0 Å². The van der Waals surface area contributed by atoms with Gasteiger partial charge in [-0.2, -0.15) is 18.3 Å². The molecule has 2 aromatic carbocycles. The Morgan fingerprint density at radius 3 is 2.04 bits per heavy atom. The van der Waals surface area contributed by atoms with E-state index in [-0.39, 0.29) is 5.69 Å². The van der Waals surface area contributed by atoms with Crippen molar-refractivity contribution in [3.8, 4) is 28.4 Å². The fourth-order valence-corrected chi connectivity index (χ4v) is 2.84. The third-order valence-corrected chi connectivity index (χ3v) is 4.41. The second-order valence-electron chi connectivity index (χ2n) is 5.54. The van der Waals surface area contributed by atoms with E-state index in [1.165, 1.54) is 18.9 Å². The Balaban J connectivity index is 2.20. The highest BCUT2D eigenvalue weighted by Gasteiger charge is 2.35. The minimum atomic E-state index is -4.57. The van der Waals surface area contributed by atoms with Crippen molar-refractivity contribution in [2.24, 2.45) is 5.14 Å². The molecule has 5 nitrogen and oxygen atoms in total. The molecule has 0 aliphatic heterocycles. The Morgan fingerprint density at radius 2 is 1.56 bits per heavy atom. The first kappa shape index (κ1) is 19.1. The van der Waals surface area contributed by atoms with Crippen molar-refractivity contribution < 1.29 is 22.6 Å². The van der Waals surface area contributed by atoms with Crippen LogP contribution in [0.5, 0.6) is 11.5 Å². The van der Waals surface area contributed by atoms with Crippen LogP contribution in [0.3, 0.4) is 0 Å². The molecule has 27 heavy (non-hydrogen) atoms. The van der Waals surface area contributed by atoms with E-state index in [0.717, 1.165) is 22.9 Å². The van der Waals surface area contributed by atoms with E-state index in [4.69, 9.17) is 14.6 Å². The Morgan fingerprint density at radius 1 is 0.963 bits per heavy atom. The average molecular weight is 395 g/mol. The van der Waals surface area contributed by atoms with Crippen molar-refractivity contribution in [1.29, 1.82) is 0 Å². The van der Waals surface area contributed by atoms with Crippen molar-refractivity contribution in [2.75, 3.05) is 14.2 Å². The van der Waals surface area contributed by atoms with Crippen LogP contribution in [0.25, 0.3) is 16.9 Å². The molecule has 1 heterocycles. The van der Waals surface area contributed by atoms with E-state index in [1.54, 1.807) is 42.5 Å². The predicted octanol–water partition coefficient (Wildman–Crippen LogP) is 4.54. The molecule has 0 unspecified atom stereocenters. The summed E-state index contributed by atoms with van der Waals surface area (Å²) in [6, 6.07) is 12.6. The number of methoxy groups -OCH3 is 2. The van der Waals surface area contributed by atoms with Gasteiger partial charge in [0.2, 0.25) is 0 Å². The van der Waals surface area contributed by atoms with Crippen LogP contribution in [0.2, 0.25) is 0 Å². The number of benzene rings is 2. The topological polar surface area (TPSA) is 62.3 Å². The Bertz CT molecular complexity index is 918. The van der Waals surface area contributed by atoms with E-state index in [0.29, 0.717) is 22.7 Å². The molecule has 3 rings (SSSR count). The number of halogens is 3. The number of nitrogens with zero attached hydrogens (tertiary/aromatic N) is 2. The molecule has 0 aliphatic carbocycles. The summed E-state index contributed by atoms with van der Waals surface area (Å²) in [5.41, 5.74) is 0.218. The van der Waals surface area contributed by atoms with Gasteiger partial charge in [0, 0.05) is 16.5 Å². The standard InChI is InChI=1S/C18H16F3N3O2S/c1-25-13-7-11(8-14(9-13)26-2)16-10-17(18(19,20)21)23-24(16)12-3-5-15(27-22)6-4-12/h3-10H,22H2,1-2H3. The fraction of sp³-hybridized carbons (Fsp3) is 0.167. The fourth-order valence-electron chi connectivity index (χ4n) is 2.54. The molecule has 1 aromatic heterocycles. The first-order chi connectivity index (χ1) is 12.9. The van der Waals surface area contributed by atoms with Crippen LogP contribution < -0.4 is 14.6 Å². The molecule has 0 fully saturated rings. The molecular weight excluding hydrogens is 379 g/mol. The number of alkyl halides is 3. The molecule has 0 saturated carbocycles. The zero-order valence-corrected chi connectivity index (χ0v) is 15.3. The van der Waals surface area contributed by atoms with E-state index in [1.807, 2.05) is 0 Å². The molecule has 142 valence electrons.